The van der Waals surface area contributed by atoms with E-state index in [4.69, 9.17) is 0 Å². The van der Waals surface area contributed by atoms with E-state index in [-0.39, 0.29) is 11.9 Å². The Kier molecular flexibility index (Phi) is 5.41. The molecule has 18 heavy (non-hydrogen) atoms. The maximum atomic E-state index is 12.0. The summed E-state index contributed by atoms with van der Waals surface area (Å²) in [5, 5.41) is 6.37. The van der Waals surface area contributed by atoms with E-state index in [0.717, 1.165) is 39.3 Å². The number of likely N-dealkylation sites (tertiary alicyclic amines) is 1. The van der Waals surface area contributed by atoms with Crippen LogP contribution in [0.1, 0.15) is 19.8 Å². The van der Waals surface area contributed by atoms with Crippen molar-refractivity contribution in [2.24, 2.45) is 0 Å². The highest BCUT2D eigenvalue weighted by molar-refractivity contribution is 5.81. The number of amides is 1. The predicted molar refractivity (Wildman–Crippen MR) is 72.6 cm³/mol. The molecule has 2 aliphatic rings. The number of hydrogen-bond acceptors (Lipinski definition) is 4. The van der Waals surface area contributed by atoms with Gasteiger partial charge in [0.25, 0.3) is 0 Å². The number of piperazine rings is 1. The fraction of sp³-hybridized carbons (Fsp3) is 0.923. The number of carbonyl (C=O) groups excluding carboxylic acids is 1. The molecule has 104 valence electrons. The third-order valence-electron chi connectivity index (χ3n) is 4.00. The molecule has 2 fully saturated rings. The van der Waals surface area contributed by atoms with Crippen LogP contribution in [0, 0.1) is 0 Å². The zero-order chi connectivity index (χ0) is 12.8. The van der Waals surface area contributed by atoms with Crippen molar-refractivity contribution < 1.29 is 4.79 Å². The molecule has 2 rings (SSSR count). The second-order valence-electron chi connectivity index (χ2n) is 5.30. The quantitative estimate of drug-likeness (QED) is 0.694. The van der Waals surface area contributed by atoms with Gasteiger partial charge in [-0.3, -0.25) is 9.69 Å². The summed E-state index contributed by atoms with van der Waals surface area (Å²) in [6.07, 6.45) is 2.62. The van der Waals surface area contributed by atoms with Gasteiger partial charge in [0.1, 0.15) is 0 Å². The summed E-state index contributed by atoms with van der Waals surface area (Å²) in [7, 11) is 0. The molecule has 0 aromatic heterocycles. The van der Waals surface area contributed by atoms with E-state index in [1.807, 2.05) is 6.92 Å². The minimum atomic E-state index is 0.00526. The first-order valence-electron chi connectivity index (χ1n) is 7.22. The van der Waals surface area contributed by atoms with Gasteiger partial charge in [-0.15, -0.1) is 0 Å². The Morgan fingerprint density at radius 1 is 1.22 bits per heavy atom. The lowest BCUT2D eigenvalue weighted by molar-refractivity contribution is -0.126. The van der Waals surface area contributed by atoms with Gasteiger partial charge in [-0.25, -0.2) is 0 Å². The van der Waals surface area contributed by atoms with Crippen LogP contribution in [0.2, 0.25) is 0 Å². The van der Waals surface area contributed by atoms with Gasteiger partial charge < -0.3 is 15.5 Å². The molecule has 0 saturated carbocycles. The lowest BCUT2D eigenvalue weighted by atomic mass is 10.2. The fourth-order valence-electron chi connectivity index (χ4n) is 2.73. The van der Waals surface area contributed by atoms with Crippen LogP contribution < -0.4 is 10.6 Å². The third-order valence-corrected chi connectivity index (χ3v) is 4.00. The third kappa shape index (κ3) is 3.93. The molecule has 5 nitrogen and oxygen atoms in total. The highest BCUT2D eigenvalue weighted by atomic mass is 16.2. The normalized spacial score (nSPS) is 24.1. The highest BCUT2D eigenvalue weighted by Gasteiger charge is 2.22. The van der Waals surface area contributed by atoms with Crippen molar-refractivity contribution in [2.75, 3.05) is 52.4 Å². The lowest BCUT2D eigenvalue weighted by Crippen LogP contribution is -2.53. The van der Waals surface area contributed by atoms with Gasteiger partial charge in [-0.05, 0) is 32.9 Å². The van der Waals surface area contributed by atoms with E-state index >= 15 is 0 Å². The minimum absolute atomic E-state index is 0.00526. The van der Waals surface area contributed by atoms with Gasteiger partial charge in [-0.1, -0.05) is 0 Å². The van der Waals surface area contributed by atoms with E-state index in [9.17, 15) is 4.79 Å². The minimum Gasteiger partial charge on any atom is -0.353 e. The van der Waals surface area contributed by atoms with E-state index in [2.05, 4.69) is 20.4 Å². The zero-order valence-electron chi connectivity index (χ0n) is 11.5. The average Bonchev–Trinajstić information content (AvgIpc) is 2.92. The summed E-state index contributed by atoms with van der Waals surface area (Å²) in [4.78, 5) is 16.7. The van der Waals surface area contributed by atoms with E-state index in [1.165, 1.54) is 25.9 Å². The van der Waals surface area contributed by atoms with Crippen LogP contribution in [0.25, 0.3) is 0 Å². The van der Waals surface area contributed by atoms with Crippen molar-refractivity contribution in [3.63, 3.8) is 0 Å². The number of carbonyl (C=O) groups is 1. The summed E-state index contributed by atoms with van der Waals surface area (Å²) in [6.45, 7) is 10.1. The Labute approximate surface area is 110 Å². The van der Waals surface area contributed by atoms with Gasteiger partial charge in [-0.2, -0.15) is 0 Å². The first-order chi connectivity index (χ1) is 8.77. The van der Waals surface area contributed by atoms with Crippen LogP contribution in [-0.4, -0.2) is 74.1 Å². The van der Waals surface area contributed by atoms with Crippen LogP contribution in [0.15, 0.2) is 0 Å². The van der Waals surface area contributed by atoms with E-state index in [0.29, 0.717) is 0 Å². The van der Waals surface area contributed by atoms with Crippen LogP contribution >= 0.6 is 0 Å². The van der Waals surface area contributed by atoms with Crippen molar-refractivity contribution in [1.29, 1.82) is 0 Å². The summed E-state index contributed by atoms with van der Waals surface area (Å²) in [5.74, 6) is 0.177. The van der Waals surface area contributed by atoms with Crippen LogP contribution in [0.5, 0.6) is 0 Å². The Morgan fingerprint density at radius 2 is 1.89 bits per heavy atom. The summed E-state index contributed by atoms with van der Waals surface area (Å²) >= 11 is 0. The van der Waals surface area contributed by atoms with Crippen molar-refractivity contribution in [3.05, 3.63) is 0 Å². The predicted octanol–water partition coefficient (Wildman–Crippen LogP) is -0.508. The number of nitrogens with zero attached hydrogens (tertiary/aromatic N) is 2. The molecule has 1 atom stereocenters. The van der Waals surface area contributed by atoms with Gasteiger partial charge in [0.15, 0.2) is 0 Å². The van der Waals surface area contributed by atoms with E-state index in [1.54, 1.807) is 0 Å². The van der Waals surface area contributed by atoms with Gasteiger partial charge >= 0.3 is 0 Å². The standard InChI is InChI=1S/C13H26N4O/c1-12(17-10-4-14-5-11-17)13(18)15-6-9-16-7-2-3-8-16/h12,14H,2-11H2,1H3,(H,15,18). The van der Waals surface area contributed by atoms with Crippen molar-refractivity contribution >= 4 is 5.91 Å². The molecule has 0 bridgehead atoms. The van der Waals surface area contributed by atoms with Gasteiger partial charge in [0, 0.05) is 39.3 Å². The number of rotatable bonds is 5. The maximum Gasteiger partial charge on any atom is 0.237 e. The van der Waals surface area contributed by atoms with Crippen molar-refractivity contribution in [2.45, 2.75) is 25.8 Å². The second-order valence-corrected chi connectivity index (χ2v) is 5.30. The Balaban J connectivity index is 1.63. The molecular formula is C13H26N4O. The zero-order valence-corrected chi connectivity index (χ0v) is 11.5. The van der Waals surface area contributed by atoms with Crippen molar-refractivity contribution in [1.82, 2.24) is 20.4 Å². The second kappa shape index (κ2) is 7.07. The number of nitrogens with one attached hydrogen (secondary N) is 2. The molecule has 1 unspecified atom stereocenters. The van der Waals surface area contributed by atoms with Gasteiger partial charge in [0.05, 0.1) is 6.04 Å². The molecule has 2 N–H and O–H groups in total. The SMILES string of the molecule is CC(C(=O)NCCN1CCCC1)N1CCNCC1. The molecular weight excluding hydrogens is 228 g/mol. The van der Waals surface area contributed by atoms with Gasteiger partial charge in [0.2, 0.25) is 5.91 Å². The molecule has 5 heteroatoms. The fourth-order valence-corrected chi connectivity index (χ4v) is 2.73. The number of hydrogen-bond donors (Lipinski definition) is 2. The molecule has 0 aliphatic carbocycles. The molecule has 0 spiro atoms. The Bertz CT molecular complexity index is 260. The Hall–Kier alpha value is -0.650. The topological polar surface area (TPSA) is 47.6 Å². The first-order valence-corrected chi connectivity index (χ1v) is 7.22. The van der Waals surface area contributed by atoms with Crippen molar-refractivity contribution in [3.8, 4) is 0 Å². The summed E-state index contributed by atoms with van der Waals surface area (Å²) in [5.41, 5.74) is 0. The van der Waals surface area contributed by atoms with Crippen LogP contribution in [0.4, 0.5) is 0 Å². The van der Waals surface area contributed by atoms with E-state index < -0.39 is 0 Å². The van der Waals surface area contributed by atoms with Crippen LogP contribution in [0.3, 0.4) is 0 Å². The summed E-state index contributed by atoms with van der Waals surface area (Å²) in [6, 6.07) is 0.00526. The van der Waals surface area contributed by atoms with Crippen LogP contribution in [-0.2, 0) is 4.79 Å². The average molecular weight is 254 g/mol. The molecule has 0 aromatic rings. The molecule has 2 aliphatic heterocycles. The molecule has 0 aromatic carbocycles. The Morgan fingerprint density at radius 3 is 2.56 bits per heavy atom. The molecule has 1 amide bonds. The monoisotopic (exact) mass is 254 g/mol. The molecule has 0 radical (unpaired) electrons. The molecule has 2 saturated heterocycles. The first kappa shape index (κ1) is 13.8. The molecule has 2 heterocycles. The maximum absolute atomic E-state index is 12.0. The smallest absolute Gasteiger partial charge is 0.237 e. The largest absolute Gasteiger partial charge is 0.353 e. The highest BCUT2D eigenvalue weighted by Crippen LogP contribution is 2.05. The summed E-state index contributed by atoms with van der Waals surface area (Å²) < 4.78 is 0. The lowest BCUT2D eigenvalue weighted by Gasteiger charge is -2.32.